The van der Waals surface area contributed by atoms with Crippen molar-refractivity contribution in [1.82, 2.24) is 14.9 Å². The van der Waals surface area contributed by atoms with Crippen LogP contribution in [0.25, 0.3) is 0 Å². The smallest absolute Gasteiger partial charge is 0.127 e. The molecule has 2 heterocycles. The summed E-state index contributed by atoms with van der Waals surface area (Å²) < 4.78 is 2.28. The van der Waals surface area contributed by atoms with Crippen LogP contribution in [0.5, 0.6) is 0 Å². The third-order valence-electron chi connectivity index (χ3n) is 3.85. The molecule has 0 radical (unpaired) electrons. The van der Waals surface area contributed by atoms with Crippen molar-refractivity contribution in [2.75, 3.05) is 7.05 Å². The van der Waals surface area contributed by atoms with Crippen molar-refractivity contribution >= 4 is 11.8 Å². The molecular formula is C16H21N3S. The number of aryl methyl sites for hydroxylation is 1. The number of aromatic nitrogens is 2. The average Bonchev–Trinajstić information content (AvgIpc) is 3.07. The van der Waals surface area contributed by atoms with Crippen molar-refractivity contribution in [2.24, 2.45) is 0 Å². The van der Waals surface area contributed by atoms with Gasteiger partial charge in [-0.05, 0) is 31.5 Å². The molecule has 3 rings (SSSR count). The number of thioether (sulfide) groups is 1. The zero-order chi connectivity index (χ0) is 13.9. The van der Waals surface area contributed by atoms with E-state index in [9.17, 15) is 0 Å². The molecule has 0 aliphatic carbocycles. The van der Waals surface area contributed by atoms with E-state index in [2.05, 4.69) is 52.3 Å². The Morgan fingerprint density at radius 2 is 2.30 bits per heavy atom. The minimum Gasteiger partial charge on any atom is -0.334 e. The topological polar surface area (TPSA) is 29.9 Å². The van der Waals surface area contributed by atoms with Gasteiger partial charge in [-0.15, -0.1) is 11.8 Å². The Balaban J connectivity index is 1.83. The Morgan fingerprint density at radius 3 is 3.05 bits per heavy atom. The summed E-state index contributed by atoms with van der Waals surface area (Å²) in [7, 11) is 2.04. The lowest BCUT2D eigenvalue weighted by atomic mass is 10.0. The van der Waals surface area contributed by atoms with Gasteiger partial charge in [-0.3, -0.25) is 0 Å². The van der Waals surface area contributed by atoms with E-state index in [1.54, 1.807) is 0 Å². The summed E-state index contributed by atoms with van der Waals surface area (Å²) in [6, 6.07) is 9.03. The molecule has 20 heavy (non-hydrogen) atoms. The number of nitrogens with zero attached hydrogens (tertiary/aromatic N) is 2. The van der Waals surface area contributed by atoms with Gasteiger partial charge in [-0.25, -0.2) is 4.98 Å². The van der Waals surface area contributed by atoms with E-state index in [4.69, 9.17) is 0 Å². The van der Waals surface area contributed by atoms with Crippen LogP contribution in [-0.2, 0) is 13.0 Å². The number of rotatable bonds is 5. The van der Waals surface area contributed by atoms with Crippen molar-refractivity contribution in [1.29, 1.82) is 0 Å². The highest BCUT2D eigenvalue weighted by Gasteiger charge is 2.31. The number of hydrogen-bond acceptors (Lipinski definition) is 3. The van der Waals surface area contributed by atoms with E-state index < -0.39 is 0 Å². The second kappa shape index (κ2) is 6.02. The molecule has 3 nitrogen and oxygen atoms in total. The molecule has 0 saturated carbocycles. The maximum absolute atomic E-state index is 4.60. The van der Waals surface area contributed by atoms with E-state index in [-0.39, 0.29) is 0 Å². The first kappa shape index (κ1) is 13.7. The molecule has 0 spiro atoms. The summed E-state index contributed by atoms with van der Waals surface area (Å²) in [5.74, 6) is 1.17. The monoisotopic (exact) mass is 287 g/mol. The maximum atomic E-state index is 4.60. The highest BCUT2D eigenvalue weighted by molar-refractivity contribution is 8.00. The van der Waals surface area contributed by atoms with Crippen molar-refractivity contribution in [3.8, 4) is 0 Å². The SMILES string of the molecule is CCCn1ccnc1C(NC)C1Cc2ccccc2S1. The zero-order valence-electron chi connectivity index (χ0n) is 12.0. The normalized spacial score (nSPS) is 19.0. The molecule has 0 fully saturated rings. The largest absolute Gasteiger partial charge is 0.334 e. The summed E-state index contributed by atoms with van der Waals surface area (Å²) in [5, 5.41) is 4.00. The Kier molecular flexibility index (Phi) is 4.13. The standard InChI is InChI=1S/C16H21N3S/c1-3-9-19-10-8-18-16(19)15(17-2)14-11-12-6-4-5-7-13(12)20-14/h4-8,10,14-15,17H,3,9,11H2,1-2H3. The van der Waals surface area contributed by atoms with Gasteiger partial charge in [0, 0.05) is 29.1 Å². The molecule has 0 bridgehead atoms. The Labute approximate surface area is 124 Å². The molecule has 2 unspecified atom stereocenters. The van der Waals surface area contributed by atoms with Crippen molar-refractivity contribution < 1.29 is 0 Å². The Morgan fingerprint density at radius 1 is 1.45 bits per heavy atom. The minimum absolute atomic E-state index is 0.300. The highest BCUT2D eigenvalue weighted by Crippen LogP contribution is 2.42. The molecule has 0 amide bonds. The van der Waals surface area contributed by atoms with Crippen LogP contribution in [0.4, 0.5) is 0 Å². The second-order valence-corrected chi connectivity index (χ2v) is 6.49. The van der Waals surface area contributed by atoms with Crippen LogP contribution in [0.2, 0.25) is 0 Å². The number of nitrogens with one attached hydrogen (secondary N) is 1. The molecule has 106 valence electrons. The first-order chi connectivity index (χ1) is 9.83. The fraction of sp³-hybridized carbons (Fsp3) is 0.438. The minimum atomic E-state index is 0.300. The average molecular weight is 287 g/mol. The second-order valence-electron chi connectivity index (χ2n) is 5.21. The van der Waals surface area contributed by atoms with Crippen LogP contribution < -0.4 is 5.32 Å². The molecule has 1 aromatic heterocycles. The van der Waals surface area contributed by atoms with Crippen molar-refractivity contribution in [3.05, 3.63) is 48.0 Å². The predicted octanol–water partition coefficient (Wildman–Crippen LogP) is 3.27. The molecule has 4 heteroatoms. The molecule has 1 aromatic carbocycles. The van der Waals surface area contributed by atoms with Crippen LogP contribution in [0.15, 0.2) is 41.6 Å². The third kappa shape index (κ3) is 2.50. The number of benzene rings is 1. The molecule has 1 aliphatic rings. The number of fused-ring (bicyclic) bond motifs is 1. The first-order valence-electron chi connectivity index (χ1n) is 7.26. The predicted molar refractivity (Wildman–Crippen MR) is 84.1 cm³/mol. The molecule has 1 N–H and O–H groups in total. The van der Waals surface area contributed by atoms with E-state index >= 15 is 0 Å². The highest BCUT2D eigenvalue weighted by atomic mass is 32.2. The fourth-order valence-corrected chi connectivity index (χ4v) is 4.35. The zero-order valence-corrected chi connectivity index (χ0v) is 12.9. The van der Waals surface area contributed by atoms with Gasteiger partial charge in [0.05, 0.1) is 6.04 Å². The third-order valence-corrected chi connectivity index (χ3v) is 5.24. The van der Waals surface area contributed by atoms with Gasteiger partial charge in [0.25, 0.3) is 0 Å². The van der Waals surface area contributed by atoms with Crippen molar-refractivity contribution in [3.63, 3.8) is 0 Å². The van der Waals surface area contributed by atoms with Crippen molar-refractivity contribution in [2.45, 2.75) is 42.5 Å². The van der Waals surface area contributed by atoms with E-state index in [0.717, 1.165) is 19.4 Å². The van der Waals surface area contributed by atoms with Gasteiger partial charge in [0.15, 0.2) is 0 Å². The van der Waals surface area contributed by atoms with E-state index in [0.29, 0.717) is 11.3 Å². The molecular weight excluding hydrogens is 266 g/mol. The lowest BCUT2D eigenvalue weighted by molar-refractivity contribution is 0.499. The van der Waals surface area contributed by atoms with Gasteiger partial charge >= 0.3 is 0 Å². The summed E-state index contributed by atoms with van der Waals surface area (Å²) in [4.78, 5) is 6.02. The van der Waals surface area contributed by atoms with Crippen LogP contribution in [0, 0.1) is 0 Å². The lowest BCUT2D eigenvalue weighted by Gasteiger charge is -2.22. The van der Waals surface area contributed by atoms with Gasteiger partial charge < -0.3 is 9.88 Å². The van der Waals surface area contributed by atoms with Crippen LogP contribution in [0.1, 0.15) is 30.8 Å². The molecule has 0 saturated heterocycles. The van der Waals surface area contributed by atoms with Gasteiger partial charge in [0.1, 0.15) is 5.82 Å². The van der Waals surface area contributed by atoms with E-state index in [1.807, 2.05) is 25.0 Å². The molecule has 1 aliphatic heterocycles. The molecule has 2 atom stereocenters. The van der Waals surface area contributed by atoms with Gasteiger partial charge in [0.2, 0.25) is 0 Å². The Hall–Kier alpha value is -1.26. The summed E-state index contributed by atoms with van der Waals surface area (Å²) >= 11 is 1.98. The van der Waals surface area contributed by atoms with Gasteiger partial charge in [-0.1, -0.05) is 25.1 Å². The first-order valence-corrected chi connectivity index (χ1v) is 8.14. The van der Waals surface area contributed by atoms with Crippen LogP contribution >= 0.6 is 11.8 Å². The van der Waals surface area contributed by atoms with Crippen LogP contribution in [-0.4, -0.2) is 21.8 Å². The Bertz CT molecular complexity index is 554. The molecule has 2 aromatic rings. The summed E-state index contributed by atoms with van der Waals surface area (Å²) in [6.45, 7) is 3.25. The summed E-state index contributed by atoms with van der Waals surface area (Å²) in [6.07, 6.45) is 6.27. The van der Waals surface area contributed by atoms with Crippen LogP contribution in [0.3, 0.4) is 0 Å². The fourth-order valence-electron chi connectivity index (χ4n) is 2.91. The maximum Gasteiger partial charge on any atom is 0.127 e. The quantitative estimate of drug-likeness (QED) is 0.915. The van der Waals surface area contributed by atoms with E-state index in [1.165, 1.54) is 16.3 Å². The van der Waals surface area contributed by atoms with Gasteiger partial charge in [-0.2, -0.15) is 0 Å². The number of hydrogen-bond donors (Lipinski definition) is 1. The number of imidazole rings is 1. The summed E-state index contributed by atoms with van der Waals surface area (Å²) in [5.41, 5.74) is 1.47. The lowest BCUT2D eigenvalue weighted by Crippen LogP contribution is -2.30.